The summed E-state index contributed by atoms with van der Waals surface area (Å²) in [6, 6.07) is 0. The van der Waals surface area contributed by atoms with Crippen LogP contribution in [0.1, 0.15) is 78.6 Å². The third-order valence-corrected chi connectivity index (χ3v) is 10.9. The highest BCUT2D eigenvalue weighted by atomic mass is 127. The minimum absolute atomic E-state index is 0.178. The van der Waals surface area contributed by atoms with Crippen LogP contribution in [-0.2, 0) is 0 Å². The zero-order valence-corrected chi connectivity index (χ0v) is 17.6. The Morgan fingerprint density at radius 1 is 1.00 bits per heavy atom. The maximum Gasteiger partial charge on any atom is 0.0580 e. The SMILES string of the molecule is C[C@@]12CCC[C@H]1[C@@H]1CC[C@H]3C[C@](C)(N=[N+]=[N-])[C@H](I)C[C@]3(C)[C@H]1CC2. The molecule has 4 aliphatic carbocycles. The average molecular weight is 441 g/mol. The molecule has 0 bridgehead atoms. The first-order valence-electron chi connectivity index (χ1n) is 10.0. The molecule has 0 unspecified atom stereocenters. The Hall–Kier alpha value is 0.0400. The van der Waals surface area contributed by atoms with E-state index in [0.29, 0.717) is 14.8 Å². The van der Waals surface area contributed by atoms with Crippen molar-refractivity contribution in [2.45, 2.75) is 88.0 Å². The fraction of sp³-hybridized carbons (Fsp3) is 1.00. The molecule has 0 saturated heterocycles. The van der Waals surface area contributed by atoms with Crippen LogP contribution in [0.5, 0.6) is 0 Å². The number of azide groups is 1. The maximum atomic E-state index is 9.04. The van der Waals surface area contributed by atoms with E-state index in [1.54, 1.807) is 0 Å². The molecule has 0 aliphatic heterocycles. The second-order valence-corrected chi connectivity index (χ2v) is 11.7. The number of alkyl halides is 1. The van der Waals surface area contributed by atoms with E-state index < -0.39 is 0 Å². The fourth-order valence-corrected chi connectivity index (χ4v) is 8.95. The zero-order chi connectivity index (χ0) is 17.2. The molecule has 24 heavy (non-hydrogen) atoms. The first-order chi connectivity index (χ1) is 11.3. The number of nitrogens with zero attached hydrogens (tertiary/aromatic N) is 3. The van der Waals surface area contributed by atoms with Crippen LogP contribution in [0.3, 0.4) is 0 Å². The third kappa shape index (κ3) is 2.38. The largest absolute Gasteiger partial charge is 0.0865 e. The Bertz CT molecular complexity index is 573. The van der Waals surface area contributed by atoms with Crippen molar-refractivity contribution < 1.29 is 0 Å². The molecule has 0 radical (unpaired) electrons. The van der Waals surface area contributed by atoms with E-state index in [1.807, 2.05) is 0 Å². The Morgan fingerprint density at radius 2 is 1.79 bits per heavy atom. The van der Waals surface area contributed by atoms with Crippen LogP contribution in [0.2, 0.25) is 0 Å². The van der Waals surface area contributed by atoms with Crippen molar-refractivity contribution in [3.63, 3.8) is 0 Å². The summed E-state index contributed by atoms with van der Waals surface area (Å²) in [4.78, 5) is 3.20. The summed E-state index contributed by atoms with van der Waals surface area (Å²) in [5.74, 6) is 3.64. The molecular formula is C20H32IN3. The highest BCUT2D eigenvalue weighted by molar-refractivity contribution is 14.1. The Balaban J connectivity index is 1.63. The van der Waals surface area contributed by atoms with Gasteiger partial charge in [-0.15, -0.1) is 0 Å². The molecule has 4 heteroatoms. The van der Waals surface area contributed by atoms with Crippen molar-refractivity contribution in [2.75, 3.05) is 0 Å². The average Bonchev–Trinajstić information content (AvgIpc) is 2.91. The molecule has 4 saturated carbocycles. The van der Waals surface area contributed by atoms with Gasteiger partial charge < -0.3 is 0 Å². The molecule has 4 fully saturated rings. The number of rotatable bonds is 1. The quantitative estimate of drug-likeness (QED) is 0.140. The molecular weight excluding hydrogens is 409 g/mol. The lowest BCUT2D eigenvalue weighted by Crippen LogP contribution is -2.57. The van der Waals surface area contributed by atoms with E-state index in [2.05, 4.69) is 53.4 Å². The van der Waals surface area contributed by atoms with Crippen molar-refractivity contribution >= 4 is 22.6 Å². The van der Waals surface area contributed by atoms with Gasteiger partial charge in [0.2, 0.25) is 0 Å². The van der Waals surface area contributed by atoms with E-state index in [-0.39, 0.29) is 5.54 Å². The minimum Gasteiger partial charge on any atom is -0.0865 e. The van der Waals surface area contributed by atoms with Gasteiger partial charge in [-0.2, -0.15) is 0 Å². The molecule has 8 atom stereocenters. The van der Waals surface area contributed by atoms with Gasteiger partial charge in [-0.25, -0.2) is 0 Å². The van der Waals surface area contributed by atoms with Crippen molar-refractivity contribution in [2.24, 2.45) is 39.6 Å². The minimum atomic E-state index is -0.178. The fourth-order valence-electron chi connectivity index (χ4n) is 7.62. The zero-order valence-electron chi connectivity index (χ0n) is 15.5. The maximum absolute atomic E-state index is 9.04. The number of halogens is 1. The first-order valence-corrected chi connectivity index (χ1v) is 11.3. The van der Waals surface area contributed by atoms with Crippen LogP contribution < -0.4 is 0 Å². The van der Waals surface area contributed by atoms with Gasteiger partial charge in [-0.1, -0.05) is 54.9 Å². The van der Waals surface area contributed by atoms with E-state index in [1.165, 1.54) is 51.4 Å². The van der Waals surface area contributed by atoms with E-state index in [9.17, 15) is 0 Å². The van der Waals surface area contributed by atoms with Gasteiger partial charge in [0.05, 0.1) is 5.54 Å². The predicted octanol–water partition coefficient (Wildman–Crippen LogP) is 6.90. The molecule has 0 aromatic heterocycles. The van der Waals surface area contributed by atoms with Gasteiger partial charge in [-0.05, 0) is 91.4 Å². The predicted molar refractivity (Wildman–Crippen MR) is 107 cm³/mol. The lowest BCUT2D eigenvalue weighted by molar-refractivity contribution is -0.109. The molecule has 4 rings (SSSR count). The monoisotopic (exact) mass is 441 g/mol. The molecule has 0 N–H and O–H groups in total. The van der Waals surface area contributed by atoms with Gasteiger partial charge in [0, 0.05) is 8.84 Å². The normalized spacial score (nSPS) is 56.6. The molecule has 0 heterocycles. The highest BCUT2D eigenvalue weighted by Crippen LogP contribution is 2.67. The molecule has 0 amide bonds. The molecule has 134 valence electrons. The molecule has 4 aliphatic rings. The first kappa shape index (κ1) is 17.5. The van der Waals surface area contributed by atoms with Gasteiger partial charge in [0.1, 0.15) is 0 Å². The van der Waals surface area contributed by atoms with E-state index in [4.69, 9.17) is 5.53 Å². The Labute approximate surface area is 160 Å². The van der Waals surface area contributed by atoms with Crippen molar-refractivity contribution in [3.8, 4) is 0 Å². The topological polar surface area (TPSA) is 48.8 Å². The van der Waals surface area contributed by atoms with Crippen molar-refractivity contribution in [3.05, 3.63) is 10.4 Å². The van der Waals surface area contributed by atoms with Crippen molar-refractivity contribution in [1.82, 2.24) is 0 Å². The van der Waals surface area contributed by atoms with Crippen LogP contribution in [0.15, 0.2) is 5.11 Å². The van der Waals surface area contributed by atoms with Crippen LogP contribution >= 0.6 is 22.6 Å². The summed E-state index contributed by atoms with van der Waals surface area (Å²) < 4.78 is 0.475. The van der Waals surface area contributed by atoms with Crippen LogP contribution in [0.4, 0.5) is 0 Å². The summed E-state index contributed by atoms with van der Waals surface area (Å²) in [6.07, 6.45) is 12.5. The summed E-state index contributed by atoms with van der Waals surface area (Å²) in [5, 5.41) is 4.26. The van der Waals surface area contributed by atoms with Gasteiger partial charge in [0.15, 0.2) is 0 Å². The van der Waals surface area contributed by atoms with Crippen LogP contribution in [0.25, 0.3) is 10.4 Å². The molecule has 0 spiro atoms. The number of fused-ring (bicyclic) bond motifs is 5. The highest BCUT2D eigenvalue weighted by Gasteiger charge is 2.60. The second-order valence-electron chi connectivity index (χ2n) is 10.2. The summed E-state index contributed by atoms with van der Waals surface area (Å²) in [6.45, 7) is 7.40. The van der Waals surface area contributed by atoms with E-state index >= 15 is 0 Å². The number of hydrogen-bond donors (Lipinski definition) is 0. The summed E-state index contributed by atoms with van der Waals surface area (Å²) in [5.41, 5.74) is 9.99. The van der Waals surface area contributed by atoms with Gasteiger partial charge in [-0.3, -0.25) is 0 Å². The number of hydrogen-bond acceptors (Lipinski definition) is 1. The second kappa shape index (κ2) is 5.77. The third-order valence-electron chi connectivity index (χ3n) is 9.07. The summed E-state index contributed by atoms with van der Waals surface area (Å²) in [7, 11) is 0. The lowest BCUT2D eigenvalue weighted by Gasteiger charge is -2.62. The van der Waals surface area contributed by atoms with Gasteiger partial charge in [0.25, 0.3) is 0 Å². The van der Waals surface area contributed by atoms with Gasteiger partial charge >= 0.3 is 0 Å². The molecule has 3 nitrogen and oxygen atoms in total. The Morgan fingerprint density at radius 3 is 2.54 bits per heavy atom. The Kier molecular flexibility index (Phi) is 4.20. The van der Waals surface area contributed by atoms with Crippen LogP contribution in [-0.4, -0.2) is 9.46 Å². The summed E-state index contributed by atoms with van der Waals surface area (Å²) >= 11 is 2.59. The van der Waals surface area contributed by atoms with Crippen molar-refractivity contribution in [1.29, 1.82) is 0 Å². The smallest absolute Gasteiger partial charge is 0.0580 e. The standard InChI is InChI=1S/C20H32IN3/c1-18-9-4-5-15(18)14-7-6-13-11-20(3,23-24-22)17(21)12-19(13,2)16(14)8-10-18/h13-17H,4-12H2,1-3H3/t13-,14-,15-,16-,17+,18-,19-,20-/m0/s1. The van der Waals surface area contributed by atoms with E-state index in [0.717, 1.165) is 30.1 Å². The molecule has 0 aromatic rings. The lowest BCUT2D eigenvalue weighted by atomic mass is 9.44. The van der Waals surface area contributed by atoms with Crippen LogP contribution in [0, 0.1) is 34.5 Å². The molecule has 0 aromatic carbocycles.